The van der Waals surface area contributed by atoms with E-state index in [4.69, 9.17) is 5.73 Å². The Bertz CT molecular complexity index is 137. The molecule has 0 radical (unpaired) electrons. The summed E-state index contributed by atoms with van der Waals surface area (Å²) >= 11 is 0. The van der Waals surface area contributed by atoms with Crippen LogP contribution in [0.2, 0.25) is 0 Å². The molecule has 6 N–H and O–H groups in total. The molecule has 90 valence electrons. The van der Waals surface area contributed by atoms with Gasteiger partial charge in [-0.15, -0.1) is 0 Å². The van der Waals surface area contributed by atoms with Crippen LogP contribution in [-0.4, -0.2) is 57.9 Å². The third-order valence-corrected chi connectivity index (χ3v) is 2.60. The van der Waals surface area contributed by atoms with Crippen molar-refractivity contribution in [3.05, 3.63) is 0 Å². The fraction of sp³-hybridized carbons (Fsp3) is 1.00. The normalized spacial score (nSPS) is 31.6. The molecule has 2 atom stereocenters. The molecular formula is C10H25N5. The number of nitrogens with one attached hydrogen (secondary N) is 4. The largest absolute Gasteiger partial charge is 0.329 e. The zero-order valence-corrected chi connectivity index (χ0v) is 9.68. The highest BCUT2D eigenvalue weighted by Gasteiger charge is 2.14. The summed E-state index contributed by atoms with van der Waals surface area (Å²) in [5.41, 5.74) is 5.46. The van der Waals surface area contributed by atoms with Gasteiger partial charge in [0.1, 0.15) is 0 Å². The second kappa shape index (κ2) is 8.01. The molecule has 5 nitrogen and oxygen atoms in total. The van der Waals surface area contributed by atoms with Crippen LogP contribution in [0.15, 0.2) is 0 Å². The maximum absolute atomic E-state index is 5.46. The predicted octanol–water partition coefficient (Wildman–Crippen LogP) is -1.93. The average Bonchev–Trinajstić information content (AvgIpc) is 2.32. The van der Waals surface area contributed by atoms with E-state index < -0.39 is 0 Å². The summed E-state index contributed by atoms with van der Waals surface area (Å²) in [6.07, 6.45) is 0. The van der Waals surface area contributed by atoms with Crippen LogP contribution in [0.1, 0.15) is 6.92 Å². The van der Waals surface area contributed by atoms with Crippen LogP contribution < -0.4 is 27.0 Å². The molecule has 0 amide bonds. The summed E-state index contributed by atoms with van der Waals surface area (Å²) in [5.74, 6) is 0. The Morgan fingerprint density at radius 1 is 1.00 bits per heavy atom. The first kappa shape index (κ1) is 12.9. The Morgan fingerprint density at radius 2 is 1.60 bits per heavy atom. The first-order valence-corrected chi connectivity index (χ1v) is 5.91. The molecule has 0 spiro atoms. The highest BCUT2D eigenvalue weighted by Crippen LogP contribution is 1.90. The Kier molecular flexibility index (Phi) is 6.87. The van der Waals surface area contributed by atoms with E-state index in [1.54, 1.807) is 0 Å². The minimum absolute atomic E-state index is 0.480. The molecule has 2 saturated heterocycles. The van der Waals surface area contributed by atoms with Crippen molar-refractivity contribution in [2.75, 3.05) is 45.8 Å². The number of nitrogens with two attached hydrogens (primary N) is 1. The van der Waals surface area contributed by atoms with Crippen LogP contribution in [0.4, 0.5) is 0 Å². The fourth-order valence-corrected chi connectivity index (χ4v) is 1.75. The lowest BCUT2D eigenvalue weighted by Crippen LogP contribution is -2.56. The zero-order chi connectivity index (χ0) is 10.9. The number of hydrogen-bond donors (Lipinski definition) is 5. The molecule has 0 aromatic rings. The summed E-state index contributed by atoms with van der Waals surface area (Å²) in [6.45, 7) is 9.53. The van der Waals surface area contributed by atoms with Gasteiger partial charge < -0.3 is 27.0 Å². The molecule has 2 heterocycles. The number of piperazine rings is 2. The van der Waals surface area contributed by atoms with Crippen LogP contribution in [-0.2, 0) is 0 Å². The lowest BCUT2D eigenvalue weighted by atomic mass is 10.2. The van der Waals surface area contributed by atoms with Crippen LogP contribution in [0.5, 0.6) is 0 Å². The number of rotatable bonds is 1. The van der Waals surface area contributed by atoms with Crippen LogP contribution in [0.3, 0.4) is 0 Å². The SMILES string of the molecule is C1CNCCN1.CC1CNCC(CN)N1. The zero-order valence-electron chi connectivity index (χ0n) is 9.68. The minimum atomic E-state index is 0.480. The van der Waals surface area contributed by atoms with E-state index in [0.29, 0.717) is 12.1 Å². The molecule has 0 saturated carbocycles. The molecule has 2 rings (SSSR count). The van der Waals surface area contributed by atoms with Gasteiger partial charge in [0, 0.05) is 57.9 Å². The van der Waals surface area contributed by atoms with Crippen molar-refractivity contribution in [3.8, 4) is 0 Å². The summed E-state index contributed by atoms with van der Waals surface area (Å²) in [4.78, 5) is 0. The standard InChI is InChI=1S/C6H15N3.C4H10N2/c1-5-3-8-4-6(2-7)9-5;1-2-6-4-3-5-1/h5-6,8-9H,2-4,7H2,1H3;5-6H,1-4H2. The lowest BCUT2D eigenvalue weighted by molar-refractivity contribution is 0.358. The molecule has 0 aliphatic carbocycles. The summed E-state index contributed by atoms with van der Waals surface area (Å²) in [7, 11) is 0. The molecule has 0 aromatic carbocycles. The first-order chi connectivity index (χ1) is 7.33. The molecule has 2 fully saturated rings. The van der Waals surface area contributed by atoms with Crippen molar-refractivity contribution in [2.45, 2.75) is 19.0 Å². The fourth-order valence-electron chi connectivity index (χ4n) is 1.75. The monoisotopic (exact) mass is 215 g/mol. The van der Waals surface area contributed by atoms with E-state index in [0.717, 1.165) is 45.8 Å². The molecule has 2 unspecified atom stereocenters. The molecule has 2 aliphatic heterocycles. The van der Waals surface area contributed by atoms with Crippen molar-refractivity contribution in [3.63, 3.8) is 0 Å². The first-order valence-electron chi connectivity index (χ1n) is 5.91. The van der Waals surface area contributed by atoms with Crippen molar-refractivity contribution < 1.29 is 0 Å². The third kappa shape index (κ3) is 6.06. The van der Waals surface area contributed by atoms with Gasteiger partial charge in [0.05, 0.1) is 0 Å². The summed E-state index contributed by atoms with van der Waals surface area (Å²) in [5, 5.41) is 13.1. The summed E-state index contributed by atoms with van der Waals surface area (Å²) < 4.78 is 0. The molecule has 0 aromatic heterocycles. The van der Waals surface area contributed by atoms with Crippen LogP contribution in [0.25, 0.3) is 0 Å². The van der Waals surface area contributed by atoms with Gasteiger partial charge in [-0.05, 0) is 6.92 Å². The molecule has 15 heavy (non-hydrogen) atoms. The van der Waals surface area contributed by atoms with Gasteiger partial charge in [-0.2, -0.15) is 0 Å². The van der Waals surface area contributed by atoms with Crippen molar-refractivity contribution in [1.82, 2.24) is 21.3 Å². The maximum Gasteiger partial charge on any atom is 0.0318 e. The predicted molar refractivity (Wildman–Crippen MR) is 64.0 cm³/mol. The van der Waals surface area contributed by atoms with Crippen LogP contribution in [0, 0.1) is 0 Å². The van der Waals surface area contributed by atoms with Gasteiger partial charge in [0.2, 0.25) is 0 Å². The van der Waals surface area contributed by atoms with Gasteiger partial charge >= 0.3 is 0 Å². The average molecular weight is 215 g/mol. The van der Waals surface area contributed by atoms with Crippen molar-refractivity contribution >= 4 is 0 Å². The topological polar surface area (TPSA) is 74.1 Å². The molecule has 0 bridgehead atoms. The van der Waals surface area contributed by atoms with E-state index in [1.807, 2.05) is 0 Å². The maximum atomic E-state index is 5.46. The number of hydrogen-bond acceptors (Lipinski definition) is 5. The second-order valence-electron chi connectivity index (χ2n) is 4.16. The Hall–Kier alpha value is -0.200. The van der Waals surface area contributed by atoms with Crippen molar-refractivity contribution in [1.29, 1.82) is 0 Å². The van der Waals surface area contributed by atoms with E-state index >= 15 is 0 Å². The quantitative estimate of drug-likeness (QED) is 0.352. The summed E-state index contributed by atoms with van der Waals surface area (Å²) in [6, 6.07) is 1.06. The highest BCUT2D eigenvalue weighted by molar-refractivity contribution is 4.80. The van der Waals surface area contributed by atoms with E-state index in [1.165, 1.54) is 0 Å². The molecular weight excluding hydrogens is 190 g/mol. The highest BCUT2D eigenvalue weighted by atomic mass is 15.1. The Labute approximate surface area is 92.6 Å². The van der Waals surface area contributed by atoms with Gasteiger partial charge in [0.15, 0.2) is 0 Å². The van der Waals surface area contributed by atoms with E-state index in [2.05, 4.69) is 28.2 Å². The van der Waals surface area contributed by atoms with E-state index in [-0.39, 0.29) is 0 Å². The smallest absolute Gasteiger partial charge is 0.0318 e. The van der Waals surface area contributed by atoms with Crippen LogP contribution >= 0.6 is 0 Å². The van der Waals surface area contributed by atoms with E-state index in [9.17, 15) is 0 Å². The Morgan fingerprint density at radius 3 is 1.93 bits per heavy atom. The Balaban J connectivity index is 0.000000162. The van der Waals surface area contributed by atoms with Gasteiger partial charge in [-0.3, -0.25) is 0 Å². The third-order valence-electron chi connectivity index (χ3n) is 2.60. The second-order valence-corrected chi connectivity index (χ2v) is 4.16. The molecule has 5 heteroatoms. The lowest BCUT2D eigenvalue weighted by Gasteiger charge is -2.28. The van der Waals surface area contributed by atoms with Gasteiger partial charge in [-0.25, -0.2) is 0 Å². The van der Waals surface area contributed by atoms with Gasteiger partial charge in [-0.1, -0.05) is 0 Å². The van der Waals surface area contributed by atoms with Crippen molar-refractivity contribution in [2.24, 2.45) is 5.73 Å². The minimum Gasteiger partial charge on any atom is -0.329 e. The molecule has 2 aliphatic rings. The van der Waals surface area contributed by atoms with Gasteiger partial charge in [0.25, 0.3) is 0 Å².